The largest absolute Gasteiger partial charge is 0.464 e. The van der Waals surface area contributed by atoms with Gasteiger partial charge < -0.3 is 18.9 Å². The van der Waals surface area contributed by atoms with Gasteiger partial charge in [-0.1, -0.05) is 133 Å². The molecule has 0 saturated heterocycles. The van der Waals surface area contributed by atoms with E-state index in [2.05, 4.69) is 43.0 Å². The first kappa shape index (κ1) is 55.0. The fourth-order valence-corrected chi connectivity index (χ4v) is 4.45. The highest BCUT2D eigenvalue weighted by molar-refractivity contribution is 5.79. The number of esters is 4. The molecule has 1 aliphatic rings. The minimum Gasteiger partial charge on any atom is -0.464 e. The smallest absolute Gasteiger partial charge is 0.311 e. The van der Waals surface area contributed by atoms with Gasteiger partial charge in [-0.3, -0.25) is 24.0 Å². The summed E-state index contributed by atoms with van der Waals surface area (Å²) in [4.78, 5) is 55.2. The molecule has 0 aromatic heterocycles. The maximum atomic E-state index is 11.7. The number of ketones is 1. The van der Waals surface area contributed by atoms with Crippen LogP contribution < -0.4 is 0 Å². The van der Waals surface area contributed by atoms with E-state index in [0.717, 1.165) is 5.56 Å². The number of rotatable bonds is 9. The predicted octanol–water partition coefficient (Wildman–Crippen LogP) is 11.8. The number of ether oxygens (including phenoxy) is 4. The van der Waals surface area contributed by atoms with Crippen LogP contribution in [0.5, 0.6) is 0 Å². The maximum Gasteiger partial charge on any atom is 0.311 e. The molecule has 1 aliphatic carbocycles. The number of carbonyl (C=O) groups is 5. The van der Waals surface area contributed by atoms with E-state index >= 15 is 0 Å². The summed E-state index contributed by atoms with van der Waals surface area (Å²) in [7, 11) is 0. The molecule has 60 heavy (non-hydrogen) atoms. The Hall–Kier alpha value is -5.05. The Morgan fingerprint density at radius 3 is 1.33 bits per heavy atom. The number of fused-ring (bicyclic) bond motifs is 3. The molecule has 0 bridgehead atoms. The highest BCUT2D eigenvalue weighted by Gasteiger charge is 2.30. The zero-order valence-electron chi connectivity index (χ0n) is 39.4. The summed E-state index contributed by atoms with van der Waals surface area (Å²) in [5.41, 5.74) is 4.88. The summed E-state index contributed by atoms with van der Waals surface area (Å²) in [5.74, 6) is -0.121. The second-order valence-electron chi connectivity index (χ2n) is 18.4. The van der Waals surface area contributed by atoms with Crippen LogP contribution in [-0.2, 0) is 49.5 Å². The second-order valence-corrected chi connectivity index (χ2v) is 18.4. The van der Waals surface area contributed by atoms with Crippen molar-refractivity contribution in [3.05, 3.63) is 108 Å². The molecule has 0 unspecified atom stereocenters. The van der Waals surface area contributed by atoms with Crippen LogP contribution in [0.1, 0.15) is 133 Å². The fourth-order valence-electron chi connectivity index (χ4n) is 4.45. The van der Waals surface area contributed by atoms with E-state index in [1.807, 2.05) is 146 Å². The third-order valence-electron chi connectivity index (χ3n) is 8.29. The number of Topliss-reactive ketones (excluding diaryl/α,β-unsaturated/α-hetero) is 1. The van der Waals surface area contributed by atoms with Crippen LogP contribution in [0.3, 0.4) is 0 Å². The van der Waals surface area contributed by atoms with Gasteiger partial charge in [0.2, 0.25) is 0 Å². The van der Waals surface area contributed by atoms with Gasteiger partial charge in [0.15, 0.2) is 0 Å². The number of carbonyl (C=O) groups excluding carboxylic acids is 5. The molecule has 0 N–H and O–H groups in total. The van der Waals surface area contributed by atoms with Gasteiger partial charge in [0.05, 0.1) is 22.7 Å². The zero-order valence-corrected chi connectivity index (χ0v) is 39.4. The Kier molecular flexibility index (Phi) is 24.0. The normalized spacial score (nSPS) is 11.7. The lowest BCUT2D eigenvalue weighted by Crippen LogP contribution is -2.31. The summed E-state index contributed by atoms with van der Waals surface area (Å²) in [5, 5.41) is 0. The lowest BCUT2D eigenvalue weighted by atomic mass is 9.97. The first-order valence-corrected chi connectivity index (χ1v) is 20.7. The SMILES string of the molecule is C=CCOC(=O)C(C)(C)C.CC(=O)C(C)C.CC(C)(C)OC(=O)C(C)(C)C.CC(C)C(=O)OCC1c2ccccc2-c2ccccc21.CC(C)C(=O)OCc1ccccc1. The summed E-state index contributed by atoms with van der Waals surface area (Å²) < 4.78 is 20.5. The topological polar surface area (TPSA) is 122 Å². The van der Waals surface area contributed by atoms with Crippen molar-refractivity contribution in [3.8, 4) is 11.1 Å². The fraction of sp³-hybridized carbons (Fsp3) is 0.510. The van der Waals surface area contributed by atoms with Crippen molar-refractivity contribution in [2.75, 3.05) is 13.2 Å². The molecule has 0 fully saturated rings. The van der Waals surface area contributed by atoms with Gasteiger partial charge in [0.25, 0.3) is 0 Å². The molecule has 0 heterocycles. The average Bonchev–Trinajstić information content (AvgIpc) is 3.48. The molecule has 0 atom stereocenters. The van der Waals surface area contributed by atoms with Crippen molar-refractivity contribution in [2.45, 2.75) is 129 Å². The van der Waals surface area contributed by atoms with Gasteiger partial charge in [-0.05, 0) is 97.1 Å². The zero-order chi connectivity index (χ0) is 46.4. The van der Waals surface area contributed by atoms with E-state index in [9.17, 15) is 24.0 Å². The van der Waals surface area contributed by atoms with Crippen molar-refractivity contribution in [3.63, 3.8) is 0 Å². The molecule has 332 valence electrons. The van der Waals surface area contributed by atoms with Gasteiger partial charge >= 0.3 is 23.9 Å². The summed E-state index contributed by atoms with van der Waals surface area (Å²) >= 11 is 0. The molecule has 4 rings (SSSR count). The number of benzene rings is 3. The van der Waals surface area contributed by atoms with Crippen LogP contribution >= 0.6 is 0 Å². The van der Waals surface area contributed by atoms with Crippen LogP contribution in [0.25, 0.3) is 11.1 Å². The molecule has 3 aromatic rings. The quantitative estimate of drug-likeness (QED) is 0.118. The Bertz CT molecular complexity index is 1740. The van der Waals surface area contributed by atoms with Crippen molar-refractivity contribution >= 4 is 29.7 Å². The minimum absolute atomic E-state index is 0.0521. The lowest BCUT2D eigenvalue weighted by Gasteiger charge is -2.25. The first-order chi connectivity index (χ1) is 27.6. The van der Waals surface area contributed by atoms with Crippen LogP contribution in [0.15, 0.2) is 91.5 Å². The van der Waals surface area contributed by atoms with Crippen molar-refractivity contribution in [1.82, 2.24) is 0 Å². The predicted molar refractivity (Wildman–Crippen MR) is 242 cm³/mol. The van der Waals surface area contributed by atoms with Crippen LogP contribution in [0.4, 0.5) is 0 Å². The minimum atomic E-state index is -0.400. The Balaban J connectivity index is 0.000000769. The monoisotopic (exact) mass is 831 g/mol. The molecule has 0 aliphatic heterocycles. The molecule has 0 amide bonds. The van der Waals surface area contributed by atoms with Gasteiger partial charge in [0.1, 0.15) is 31.2 Å². The van der Waals surface area contributed by atoms with Gasteiger partial charge in [-0.25, -0.2) is 0 Å². The highest BCUT2D eigenvalue weighted by atomic mass is 16.6. The van der Waals surface area contributed by atoms with Gasteiger partial charge in [-0.15, -0.1) is 0 Å². The second kappa shape index (κ2) is 26.2. The standard InChI is InChI=1S/C18H18O2.C11H14O2.C9H18O2.C8H14O2.C5H10O/c1-12(2)18(19)20-11-17-15-9-5-3-7-13(15)14-8-4-6-10-16(14)17;1-9(2)11(12)13-8-10-6-4-3-5-7-10;1-8(2,3)7(10)11-9(4,5)6;1-5-6-10-7(9)8(2,3)4;1-4(2)5(3)6/h3-10,12,17H,11H2,1-2H3;3-7,9H,8H2,1-2H3;1-6H3;5H,1,6H2,2-4H3;4H,1-3H3. The molecule has 0 radical (unpaired) electrons. The summed E-state index contributed by atoms with van der Waals surface area (Å²) in [6, 6.07) is 26.4. The third kappa shape index (κ3) is 22.4. The summed E-state index contributed by atoms with van der Waals surface area (Å²) in [6.07, 6.45) is 1.56. The Morgan fingerprint density at radius 1 is 0.583 bits per heavy atom. The average molecular weight is 831 g/mol. The molecular weight excluding hydrogens is 757 g/mol. The highest BCUT2D eigenvalue weighted by Crippen LogP contribution is 2.44. The third-order valence-corrected chi connectivity index (χ3v) is 8.29. The molecule has 0 saturated carbocycles. The molecule has 0 spiro atoms. The summed E-state index contributed by atoms with van der Waals surface area (Å²) in [6.45, 7) is 33.9. The van der Waals surface area contributed by atoms with Crippen molar-refractivity contribution in [1.29, 1.82) is 0 Å². The van der Waals surface area contributed by atoms with Crippen LogP contribution in [-0.4, -0.2) is 48.5 Å². The Labute approximate surface area is 361 Å². The van der Waals surface area contributed by atoms with Crippen LogP contribution in [0.2, 0.25) is 0 Å². The van der Waals surface area contributed by atoms with E-state index in [0.29, 0.717) is 19.8 Å². The maximum absolute atomic E-state index is 11.7. The molecular formula is C51H74O9. The van der Waals surface area contributed by atoms with E-state index < -0.39 is 10.8 Å². The number of hydrogen-bond donors (Lipinski definition) is 0. The van der Waals surface area contributed by atoms with Crippen molar-refractivity contribution in [2.24, 2.45) is 28.6 Å². The van der Waals surface area contributed by atoms with Gasteiger partial charge in [0, 0.05) is 11.8 Å². The molecule has 9 nitrogen and oxygen atoms in total. The van der Waals surface area contributed by atoms with E-state index in [1.54, 1.807) is 13.0 Å². The Morgan fingerprint density at radius 2 is 0.983 bits per heavy atom. The lowest BCUT2D eigenvalue weighted by molar-refractivity contribution is -0.164. The molecule has 3 aromatic carbocycles. The van der Waals surface area contributed by atoms with Crippen LogP contribution in [0, 0.1) is 28.6 Å². The molecule has 9 heteroatoms. The van der Waals surface area contributed by atoms with Gasteiger partial charge in [-0.2, -0.15) is 0 Å². The van der Waals surface area contributed by atoms with E-state index in [-0.39, 0.29) is 58.9 Å². The number of hydrogen-bond acceptors (Lipinski definition) is 9. The van der Waals surface area contributed by atoms with E-state index in [1.165, 1.54) is 22.3 Å². The van der Waals surface area contributed by atoms with E-state index in [4.69, 9.17) is 18.9 Å². The first-order valence-electron chi connectivity index (χ1n) is 20.7. The van der Waals surface area contributed by atoms with Crippen molar-refractivity contribution < 1.29 is 42.9 Å².